The second-order valence-corrected chi connectivity index (χ2v) is 13.3. The standard InChI is InChI=1S/C36H59N3O9/c1-12-29(46-31-20-28(38(9)10)19-25(6)45-31)26(7)33(41)27(8)34(42)47-30(13-2)36(14-3,48-35(43)39-17-16-37-22-39)21-24(5)32(40)23(4)15-18-44-11/h16-17,21-23,25-31H,12-15,18-20H2,1-11H3/b24-21+/t23-,25-,26-,27-,28+,29+,30-,31+,36+/m1/s1. The fraction of sp³-hybridized carbons (Fsp3) is 0.750. The second kappa shape index (κ2) is 19.3. The molecule has 1 saturated heterocycles. The SMILES string of the molecule is CC[C@H](O[C@H]1C[C@@H](N(C)C)C[C@@H](C)O1)[C@@H](C)C(=O)[C@@H](C)C(=O)O[C@H](CC)[C@@](/C=C(\C)C(=O)[C@H](C)CCOC)(CC)OC(=O)n1ccnc1. The van der Waals surface area contributed by atoms with Gasteiger partial charge in [-0.2, -0.15) is 0 Å². The maximum absolute atomic E-state index is 13.7. The first-order valence-electron chi connectivity index (χ1n) is 17.3. The summed E-state index contributed by atoms with van der Waals surface area (Å²) in [5, 5.41) is 0. The molecule has 12 nitrogen and oxygen atoms in total. The van der Waals surface area contributed by atoms with E-state index in [1.165, 1.54) is 30.2 Å². The zero-order valence-corrected chi connectivity index (χ0v) is 30.9. The Balaban J connectivity index is 2.31. The molecule has 1 aliphatic rings. The van der Waals surface area contributed by atoms with Gasteiger partial charge in [-0.1, -0.05) is 34.6 Å². The molecule has 0 amide bonds. The molecule has 2 rings (SSSR count). The topological polar surface area (TPSA) is 135 Å². The molecule has 0 aromatic carbocycles. The molecule has 9 atom stereocenters. The third kappa shape index (κ3) is 11.0. The summed E-state index contributed by atoms with van der Waals surface area (Å²) in [5.74, 6) is -3.27. The van der Waals surface area contributed by atoms with Gasteiger partial charge in [0.05, 0.1) is 12.2 Å². The van der Waals surface area contributed by atoms with Crippen LogP contribution in [0.15, 0.2) is 30.4 Å². The van der Waals surface area contributed by atoms with Crippen LogP contribution < -0.4 is 0 Å². The minimum Gasteiger partial charge on any atom is -0.457 e. The molecule has 0 aliphatic carbocycles. The van der Waals surface area contributed by atoms with E-state index < -0.39 is 48.0 Å². The van der Waals surface area contributed by atoms with Crippen molar-refractivity contribution >= 4 is 23.6 Å². The van der Waals surface area contributed by atoms with Gasteiger partial charge in [0.2, 0.25) is 0 Å². The molecule has 1 aliphatic heterocycles. The first-order chi connectivity index (χ1) is 22.6. The van der Waals surface area contributed by atoms with E-state index in [1.54, 1.807) is 40.9 Å². The van der Waals surface area contributed by atoms with Gasteiger partial charge in [-0.15, -0.1) is 0 Å². The van der Waals surface area contributed by atoms with Crippen LogP contribution in [0.25, 0.3) is 0 Å². The lowest BCUT2D eigenvalue weighted by molar-refractivity contribution is -0.228. The molecular weight excluding hydrogens is 618 g/mol. The van der Waals surface area contributed by atoms with Crippen molar-refractivity contribution in [3.8, 4) is 0 Å². The van der Waals surface area contributed by atoms with E-state index in [4.69, 9.17) is 23.7 Å². The molecule has 0 saturated carbocycles. The average molecular weight is 678 g/mol. The van der Waals surface area contributed by atoms with Gasteiger partial charge < -0.3 is 28.6 Å². The van der Waals surface area contributed by atoms with Crippen molar-refractivity contribution in [2.45, 2.75) is 130 Å². The minimum atomic E-state index is -1.51. The molecule has 0 spiro atoms. The van der Waals surface area contributed by atoms with Crippen molar-refractivity contribution in [2.24, 2.45) is 17.8 Å². The first-order valence-corrected chi connectivity index (χ1v) is 17.3. The molecule has 12 heteroatoms. The summed E-state index contributed by atoms with van der Waals surface area (Å²) in [7, 11) is 5.64. The van der Waals surface area contributed by atoms with E-state index in [0.717, 1.165) is 6.42 Å². The van der Waals surface area contributed by atoms with Gasteiger partial charge in [0, 0.05) is 50.4 Å². The lowest BCUT2D eigenvalue weighted by atomic mass is 9.86. The van der Waals surface area contributed by atoms with Gasteiger partial charge in [0.1, 0.15) is 18.3 Å². The third-order valence-electron chi connectivity index (χ3n) is 9.47. The number of hydrogen-bond acceptors (Lipinski definition) is 11. The third-order valence-corrected chi connectivity index (χ3v) is 9.47. The summed E-state index contributed by atoms with van der Waals surface area (Å²) in [5.41, 5.74) is -1.14. The Morgan fingerprint density at radius 3 is 2.33 bits per heavy atom. The Morgan fingerprint density at radius 2 is 1.79 bits per heavy atom. The maximum atomic E-state index is 13.7. The van der Waals surface area contributed by atoms with Gasteiger partial charge in [0.15, 0.2) is 23.5 Å². The predicted molar refractivity (Wildman–Crippen MR) is 181 cm³/mol. The van der Waals surface area contributed by atoms with Gasteiger partial charge >= 0.3 is 12.1 Å². The molecule has 0 bridgehead atoms. The Hall–Kier alpha value is -2.93. The number of carbonyl (C=O) groups is 4. The number of esters is 1. The Bertz CT molecular complexity index is 1220. The highest BCUT2D eigenvalue weighted by Gasteiger charge is 2.44. The smallest absolute Gasteiger partial charge is 0.420 e. The number of allylic oxidation sites excluding steroid dienone is 1. The van der Waals surface area contributed by atoms with Crippen molar-refractivity contribution < 1.29 is 42.9 Å². The summed E-state index contributed by atoms with van der Waals surface area (Å²) >= 11 is 0. The summed E-state index contributed by atoms with van der Waals surface area (Å²) in [4.78, 5) is 60.0. The largest absolute Gasteiger partial charge is 0.457 e. The molecule has 1 aromatic rings. The molecule has 272 valence electrons. The lowest BCUT2D eigenvalue weighted by Gasteiger charge is -2.39. The van der Waals surface area contributed by atoms with Crippen LogP contribution in [0.5, 0.6) is 0 Å². The second-order valence-electron chi connectivity index (χ2n) is 13.3. The number of imidazole rings is 1. The van der Waals surface area contributed by atoms with Gasteiger partial charge in [-0.25, -0.2) is 14.3 Å². The number of methoxy groups -OCH3 is 1. The molecule has 1 aromatic heterocycles. The van der Waals surface area contributed by atoms with Gasteiger partial charge in [-0.05, 0) is 78.6 Å². The van der Waals surface area contributed by atoms with Crippen molar-refractivity contribution in [3.63, 3.8) is 0 Å². The molecule has 2 heterocycles. The highest BCUT2D eigenvalue weighted by molar-refractivity contribution is 6.00. The van der Waals surface area contributed by atoms with Crippen LogP contribution in [0.2, 0.25) is 0 Å². The first kappa shape index (κ1) is 41.2. The zero-order chi connectivity index (χ0) is 36.2. The van der Waals surface area contributed by atoms with E-state index >= 15 is 0 Å². The summed E-state index contributed by atoms with van der Waals surface area (Å²) in [6, 6.07) is 0.297. The van der Waals surface area contributed by atoms with Crippen molar-refractivity contribution in [1.82, 2.24) is 14.5 Å². The predicted octanol–water partition coefficient (Wildman–Crippen LogP) is 5.62. The van der Waals surface area contributed by atoms with Crippen LogP contribution in [0, 0.1) is 17.8 Å². The Labute approximate surface area is 286 Å². The van der Waals surface area contributed by atoms with Crippen LogP contribution in [-0.2, 0) is 38.1 Å². The minimum absolute atomic E-state index is 0.0165. The normalized spacial score (nSPS) is 23.0. The molecule has 48 heavy (non-hydrogen) atoms. The van der Waals surface area contributed by atoms with Crippen LogP contribution in [0.4, 0.5) is 4.79 Å². The average Bonchev–Trinajstić information content (AvgIpc) is 3.62. The van der Waals surface area contributed by atoms with E-state index in [1.807, 2.05) is 34.9 Å². The van der Waals surface area contributed by atoms with E-state index in [0.29, 0.717) is 37.5 Å². The number of ether oxygens (including phenoxy) is 5. The van der Waals surface area contributed by atoms with Crippen LogP contribution in [0.1, 0.15) is 93.9 Å². The fourth-order valence-electron chi connectivity index (χ4n) is 6.23. The number of hydrogen-bond donors (Lipinski definition) is 0. The lowest BCUT2D eigenvalue weighted by Crippen LogP contribution is -2.49. The Morgan fingerprint density at radius 1 is 1.10 bits per heavy atom. The van der Waals surface area contributed by atoms with E-state index in [9.17, 15) is 19.2 Å². The molecule has 0 unspecified atom stereocenters. The number of carbonyl (C=O) groups excluding carboxylic acids is 4. The van der Waals surface area contributed by atoms with Gasteiger partial charge in [0.25, 0.3) is 0 Å². The monoisotopic (exact) mass is 677 g/mol. The number of aromatic nitrogens is 2. The highest BCUT2D eigenvalue weighted by Crippen LogP contribution is 2.32. The number of nitrogens with zero attached hydrogens (tertiary/aromatic N) is 3. The molecular formula is C36H59N3O9. The number of ketones is 2. The van der Waals surface area contributed by atoms with Crippen molar-refractivity contribution in [2.75, 3.05) is 27.8 Å². The quantitative estimate of drug-likeness (QED) is 0.103. The summed E-state index contributed by atoms with van der Waals surface area (Å²) < 4.78 is 30.8. The van der Waals surface area contributed by atoms with E-state index in [-0.39, 0.29) is 36.4 Å². The van der Waals surface area contributed by atoms with Crippen molar-refractivity contribution in [3.05, 3.63) is 30.4 Å². The molecule has 0 radical (unpaired) electrons. The van der Waals surface area contributed by atoms with Crippen LogP contribution in [-0.4, -0.2) is 102 Å². The number of rotatable bonds is 19. The van der Waals surface area contributed by atoms with Crippen LogP contribution >= 0.6 is 0 Å². The number of Topliss-reactive ketones (excluding diaryl/α,β-unsaturated/α-hetero) is 2. The van der Waals surface area contributed by atoms with Crippen LogP contribution in [0.3, 0.4) is 0 Å². The summed E-state index contributed by atoms with van der Waals surface area (Å²) in [6.45, 7) is 14.7. The van der Waals surface area contributed by atoms with Gasteiger partial charge in [-0.3, -0.25) is 14.4 Å². The highest BCUT2D eigenvalue weighted by atomic mass is 16.7. The maximum Gasteiger partial charge on any atom is 0.420 e. The zero-order valence-electron chi connectivity index (χ0n) is 30.9. The van der Waals surface area contributed by atoms with Crippen molar-refractivity contribution in [1.29, 1.82) is 0 Å². The molecule has 1 fully saturated rings. The summed E-state index contributed by atoms with van der Waals surface area (Å²) in [6.07, 6.45) is 6.20. The fourth-order valence-corrected chi connectivity index (χ4v) is 6.23. The Kier molecular flexibility index (Phi) is 16.6. The van der Waals surface area contributed by atoms with E-state index in [2.05, 4.69) is 9.88 Å². The molecule has 0 N–H and O–H groups in total.